The number of likely N-dealkylation sites (N-methyl/N-ethyl adjacent to an activating group) is 1. The first-order valence-electron chi connectivity index (χ1n) is 8.10. The van der Waals surface area contributed by atoms with Gasteiger partial charge in [0.2, 0.25) is 0 Å². The minimum absolute atomic E-state index is 0.0615. The van der Waals surface area contributed by atoms with Crippen LogP contribution in [0.15, 0.2) is 48.7 Å². The van der Waals surface area contributed by atoms with Gasteiger partial charge >= 0.3 is 5.97 Å². The third kappa shape index (κ3) is 5.38. The second-order valence-corrected chi connectivity index (χ2v) is 7.62. The number of benzene rings is 1. The minimum atomic E-state index is -0.685. The van der Waals surface area contributed by atoms with Crippen LogP contribution in [0.3, 0.4) is 0 Å². The molecule has 0 N–H and O–H groups in total. The molecule has 0 radical (unpaired) electrons. The van der Waals surface area contributed by atoms with Crippen molar-refractivity contribution in [3.8, 4) is 0 Å². The Labute approximate surface area is 165 Å². The van der Waals surface area contributed by atoms with Gasteiger partial charge in [0, 0.05) is 11.9 Å². The molecule has 27 heavy (non-hydrogen) atoms. The molecule has 3 rings (SSSR count). The lowest BCUT2D eigenvalue weighted by molar-refractivity contribution is -0.133. The van der Waals surface area contributed by atoms with Crippen LogP contribution in [0.2, 0.25) is 4.34 Å². The van der Waals surface area contributed by atoms with Crippen LogP contribution in [0.25, 0.3) is 0 Å². The number of hydrogen-bond donors (Lipinski definition) is 0. The molecule has 0 aliphatic rings. The highest BCUT2D eigenvalue weighted by molar-refractivity contribution is 7.16. The number of ether oxygens (including phenoxy) is 1. The summed E-state index contributed by atoms with van der Waals surface area (Å²) in [6, 6.07) is 13.3. The first-order valence-corrected chi connectivity index (χ1v) is 9.30. The number of carbonyl (C=O) groups is 2. The summed E-state index contributed by atoms with van der Waals surface area (Å²) >= 11 is 7.28. The quantitative estimate of drug-likeness (QED) is 0.566. The van der Waals surface area contributed by atoms with Crippen molar-refractivity contribution in [1.29, 1.82) is 0 Å². The van der Waals surface area contributed by atoms with Gasteiger partial charge in [-0.3, -0.25) is 4.79 Å². The number of esters is 1. The van der Waals surface area contributed by atoms with Crippen LogP contribution in [-0.4, -0.2) is 45.4 Å². The van der Waals surface area contributed by atoms with Crippen molar-refractivity contribution in [2.24, 2.45) is 0 Å². The average molecular weight is 405 g/mol. The van der Waals surface area contributed by atoms with E-state index in [2.05, 4.69) is 10.3 Å². The van der Waals surface area contributed by atoms with Gasteiger partial charge in [-0.2, -0.15) is 0 Å². The number of aromatic nitrogens is 3. The lowest BCUT2D eigenvalue weighted by atomic mass is 10.2. The zero-order valence-corrected chi connectivity index (χ0v) is 16.1. The van der Waals surface area contributed by atoms with E-state index in [4.69, 9.17) is 16.3 Å². The Bertz CT molecular complexity index is 926. The number of nitrogens with zero attached hydrogens (tertiary/aromatic N) is 4. The van der Waals surface area contributed by atoms with E-state index in [9.17, 15) is 9.59 Å². The van der Waals surface area contributed by atoms with E-state index in [1.165, 1.54) is 22.4 Å². The number of hydrogen-bond acceptors (Lipinski definition) is 6. The molecule has 1 amide bonds. The van der Waals surface area contributed by atoms with E-state index in [1.54, 1.807) is 17.8 Å². The molecule has 2 aromatic heterocycles. The van der Waals surface area contributed by atoms with E-state index in [0.29, 0.717) is 17.4 Å². The predicted molar refractivity (Wildman–Crippen MR) is 102 cm³/mol. The summed E-state index contributed by atoms with van der Waals surface area (Å²) in [7, 11) is 1.64. The molecule has 0 aliphatic carbocycles. The summed E-state index contributed by atoms with van der Waals surface area (Å²) in [5.74, 6) is -1.00. The third-order valence-electron chi connectivity index (χ3n) is 3.71. The standard InChI is InChI=1S/C18H17ClN4O3S/c1-22(10-14-7-8-16(19)27-14)17(24)12-26-18(25)15-11-23(21-20-15)9-13-5-3-2-4-6-13/h2-8,11H,9-10,12H2,1H3. The molecule has 140 valence electrons. The number of carbonyl (C=O) groups excluding carboxylic acids is 2. The highest BCUT2D eigenvalue weighted by Gasteiger charge is 2.17. The van der Waals surface area contributed by atoms with Gasteiger partial charge in [-0.15, -0.1) is 16.4 Å². The lowest BCUT2D eigenvalue weighted by Gasteiger charge is -2.15. The molecule has 9 heteroatoms. The van der Waals surface area contributed by atoms with Crippen molar-refractivity contribution in [3.63, 3.8) is 0 Å². The molecule has 0 bridgehead atoms. The van der Waals surface area contributed by atoms with E-state index >= 15 is 0 Å². The Morgan fingerprint density at radius 3 is 2.70 bits per heavy atom. The fourth-order valence-corrected chi connectivity index (χ4v) is 3.45. The van der Waals surface area contributed by atoms with Crippen molar-refractivity contribution in [2.45, 2.75) is 13.1 Å². The van der Waals surface area contributed by atoms with Crippen molar-refractivity contribution in [1.82, 2.24) is 19.9 Å². The van der Waals surface area contributed by atoms with Crippen LogP contribution in [0.1, 0.15) is 20.9 Å². The molecule has 0 spiro atoms. The number of amides is 1. The van der Waals surface area contributed by atoms with E-state index < -0.39 is 5.97 Å². The zero-order valence-electron chi connectivity index (χ0n) is 14.5. The van der Waals surface area contributed by atoms with Crippen LogP contribution in [0.5, 0.6) is 0 Å². The van der Waals surface area contributed by atoms with Crippen LogP contribution in [0, 0.1) is 0 Å². The Morgan fingerprint density at radius 1 is 1.22 bits per heavy atom. The summed E-state index contributed by atoms with van der Waals surface area (Å²) in [6.07, 6.45) is 1.50. The number of halogens is 1. The Morgan fingerprint density at radius 2 is 2.00 bits per heavy atom. The van der Waals surface area contributed by atoms with Gasteiger partial charge in [0.1, 0.15) is 0 Å². The van der Waals surface area contributed by atoms with Gasteiger partial charge in [-0.25, -0.2) is 9.48 Å². The van der Waals surface area contributed by atoms with Crippen molar-refractivity contribution in [2.75, 3.05) is 13.7 Å². The summed E-state index contributed by atoms with van der Waals surface area (Å²) in [5, 5.41) is 7.72. The monoisotopic (exact) mass is 404 g/mol. The first kappa shape index (κ1) is 19.1. The van der Waals surface area contributed by atoms with Crippen LogP contribution < -0.4 is 0 Å². The highest BCUT2D eigenvalue weighted by Crippen LogP contribution is 2.22. The second-order valence-electron chi connectivity index (χ2n) is 5.82. The molecule has 2 heterocycles. The molecule has 0 saturated heterocycles. The molecule has 0 fully saturated rings. The molecule has 1 aromatic carbocycles. The van der Waals surface area contributed by atoms with Gasteiger partial charge in [-0.1, -0.05) is 47.1 Å². The number of rotatable bonds is 7. The van der Waals surface area contributed by atoms with Gasteiger partial charge in [-0.05, 0) is 17.7 Å². The Hall–Kier alpha value is -2.71. The molecule has 0 unspecified atom stereocenters. The molecule has 3 aromatic rings. The second kappa shape index (κ2) is 8.79. The SMILES string of the molecule is CN(Cc1ccc(Cl)s1)C(=O)COC(=O)c1cn(Cc2ccccc2)nn1. The molecule has 0 aliphatic heterocycles. The smallest absolute Gasteiger partial charge is 0.361 e. The maximum Gasteiger partial charge on any atom is 0.361 e. The molecule has 0 saturated carbocycles. The average Bonchev–Trinajstić information content (AvgIpc) is 3.29. The van der Waals surface area contributed by atoms with E-state index in [0.717, 1.165) is 10.4 Å². The molecule has 0 atom stereocenters. The number of thiophene rings is 1. The van der Waals surface area contributed by atoms with Gasteiger partial charge < -0.3 is 9.64 Å². The summed E-state index contributed by atoms with van der Waals surface area (Å²) < 4.78 is 7.25. The summed E-state index contributed by atoms with van der Waals surface area (Å²) in [6.45, 7) is 0.535. The van der Waals surface area contributed by atoms with Gasteiger partial charge in [0.25, 0.3) is 5.91 Å². The molecule has 7 nitrogen and oxygen atoms in total. The highest BCUT2D eigenvalue weighted by atomic mass is 35.5. The summed E-state index contributed by atoms with van der Waals surface area (Å²) in [4.78, 5) is 26.6. The lowest BCUT2D eigenvalue weighted by Crippen LogP contribution is -2.30. The van der Waals surface area contributed by atoms with E-state index in [-0.39, 0.29) is 18.2 Å². The normalized spacial score (nSPS) is 10.6. The largest absolute Gasteiger partial charge is 0.451 e. The molecular formula is C18H17ClN4O3S. The van der Waals surface area contributed by atoms with Crippen molar-refractivity contribution >= 4 is 34.8 Å². The predicted octanol–water partition coefficient (Wildman–Crippen LogP) is 2.86. The van der Waals surface area contributed by atoms with Crippen LogP contribution >= 0.6 is 22.9 Å². The maximum absolute atomic E-state index is 12.1. The Balaban J connectivity index is 1.49. The van der Waals surface area contributed by atoms with Crippen LogP contribution in [-0.2, 0) is 22.6 Å². The van der Waals surface area contributed by atoms with Gasteiger partial charge in [0.05, 0.1) is 23.6 Å². The maximum atomic E-state index is 12.1. The van der Waals surface area contributed by atoms with Crippen molar-refractivity contribution in [3.05, 3.63) is 69.1 Å². The fourth-order valence-electron chi connectivity index (χ4n) is 2.31. The zero-order chi connectivity index (χ0) is 19.2. The van der Waals surface area contributed by atoms with Crippen molar-refractivity contribution < 1.29 is 14.3 Å². The third-order valence-corrected chi connectivity index (χ3v) is 4.93. The fraction of sp³-hybridized carbons (Fsp3) is 0.222. The van der Waals surface area contributed by atoms with Gasteiger partial charge in [0.15, 0.2) is 12.3 Å². The Kier molecular flexibility index (Phi) is 6.20. The summed E-state index contributed by atoms with van der Waals surface area (Å²) in [5.41, 5.74) is 1.10. The van der Waals surface area contributed by atoms with Crippen LogP contribution in [0.4, 0.5) is 0 Å². The van der Waals surface area contributed by atoms with E-state index in [1.807, 2.05) is 36.4 Å². The molecular weight excluding hydrogens is 388 g/mol. The topological polar surface area (TPSA) is 77.3 Å². The first-order chi connectivity index (χ1) is 13.0. The minimum Gasteiger partial charge on any atom is -0.451 e.